The van der Waals surface area contributed by atoms with Crippen molar-refractivity contribution < 1.29 is 0 Å². The maximum absolute atomic E-state index is 8.84. The molecule has 0 bridgehead atoms. The van der Waals surface area contributed by atoms with Crippen LogP contribution in [0.4, 0.5) is 0 Å². The zero-order valence-electron chi connectivity index (χ0n) is 10.6. The number of hydrogen-bond acceptors (Lipinski definition) is 1. The quantitative estimate of drug-likeness (QED) is 0.680. The number of rotatable bonds is 3. The first-order valence-electron chi connectivity index (χ1n) is 6.41. The minimum Gasteiger partial charge on any atom is -0.339 e. The lowest BCUT2D eigenvalue weighted by molar-refractivity contribution is 0.751. The number of nitriles is 1. The molecule has 0 N–H and O–H groups in total. The summed E-state index contributed by atoms with van der Waals surface area (Å²) in [5.41, 5.74) is 3.56. The van der Waals surface area contributed by atoms with Crippen LogP contribution in [0.15, 0.2) is 60.7 Å². The Hall–Kier alpha value is -2.53. The Morgan fingerprint density at radius 3 is 2.47 bits per heavy atom. The molecule has 3 aromatic rings. The molecule has 0 radical (unpaired) electrons. The van der Waals surface area contributed by atoms with E-state index in [0.29, 0.717) is 6.42 Å². The first-order valence-corrected chi connectivity index (χ1v) is 6.41. The summed E-state index contributed by atoms with van der Waals surface area (Å²) in [7, 11) is 0. The standard InChI is InChI=1S/C17H14N2/c18-11-6-12-19-16-10-5-4-9-15(16)13-17(19)14-7-2-1-3-8-14/h1-5,7-10,13H,6,12H2. The summed E-state index contributed by atoms with van der Waals surface area (Å²) in [5, 5.41) is 10.1. The van der Waals surface area contributed by atoms with Crippen LogP contribution in [-0.2, 0) is 6.54 Å². The van der Waals surface area contributed by atoms with Gasteiger partial charge in [-0.15, -0.1) is 0 Å². The normalized spacial score (nSPS) is 10.5. The Balaban J connectivity index is 2.20. The summed E-state index contributed by atoms with van der Waals surface area (Å²) in [6.45, 7) is 0.730. The van der Waals surface area contributed by atoms with Gasteiger partial charge in [-0.05, 0) is 17.7 Å². The van der Waals surface area contributed by atoms with Gasteiger partial charge in [0.2, 0.25) is 0 Å². The summed E-state index contributed by atoms with van der Waals surface area (Å²) in [6, 6.07) is 23.1. The fourth-order valence-electron chi connectivity index (χ4n) is 2.46. The van der Waals surface area contributed by atoms with Crippen LogP contribution in [0, 0.1) is 11.3 Å². The Morgan fingerprint density at radius 2 is 1.68 bits per heavy atom. The molecule has 0 saturated carbocycles. The van der Waals surface area contributed by atoms with Crippen molar-refractivity contribution in [1.82, 2.24) is 4.57 Å². The van der Waals surface area contributed by atoms with Crippen LogP contribution in [-0.4, -0.2) is 4.57 Å². The number of para-hydroxylation sites is 1. The van der Waals surface area contributed by atoms with E-state index in [2.05, 4.69) is 41.0 Å². The zero-order valence-corrected chi connectivity index (χ0v) is 10.6. The largest absolute Gasteiger partial charge is 0.339 e. The number of aryl methyl sites for hydroxylation is 1. The number of benzene rings is 2. The molecule has 0 fully saturated rings. The lowest BCUT2D eigenvalue weighted by Crippen LogP contribution is -1.99. The second-order valence-corrected chi connectivity index (χ2v) is 4.51. The van der Waals surface area contributed by atoms with Crippen LogP contribution in [0.5, 0.6) is 0 Å². The molecular formula is C17H14N2. The van der Waals surface area contributed by atoms with Crippen molar-refractivity contribution in [3.8, 4) is 17.3 Å². The highest BCUT2D eigenvalue weighted by Crippen LogP contribution is 2.28. The minimum absolute atomic E-state index is 0.526. The van der Waals surface area contributed by atoms with Crippen molar-refractivity contribution in [2.75, 3.05) is 0 Å². The second-order valence-electron chi connectivity index (χ2n) is 4.51. The van der Waals surface area contributed by atoms with E-state index in [1.165, 1.54) is 22.2 Å². The molecule has 0 spiro atoms. The number of hydrogen-bond donors (Lipinski definition) is 0. The third-order valence-electron chi connectivity index (χ3n) is 3.33. The summed E-state index contributed by atoms with van der Waals surface area (Å²) in [4.78, 5) is 0. The molecule has 1 aromatic heterocycles. The smallest absolute Gasteiger partial charge is 0.0640 e. The first-order chi connectivity index (χ1) is 9.40. The lowest BCUT2D eigenvalue weighted by Gasteiger charge is -2.08. The molecule has 19 heavy (non-hydrogen) atoms. The predicted molar refractivity (Wildman–Crippen MR) is 77.6 cm³/mol. The number of fused-ring (bicyclic) bond motifs is 1. The van der Waals surface area contributed by atoms with Crippen LogP contribution >= 0.6 is 0 Å². The molecule has 0 amide bonds. The summed E-state index contributed by atoms with van der Waals surface area (Å²) >= 11 is 0. The Labute approximate surface area is 112 Å². The fourth-order valence-corrected chi connectivity index (χ4v) is 2.46. The van der Waals surface area contributed by atoms with Gasteiger partial charge in [0.05, 0.1) is 12.5 Å². The Kier molecular flexibility index (Phi) is 3.04. The summed E-state index contributed by atoms with van der Waals surface area (Å²) in [6.07, 6.45) is 0.526. The van der Waals surface area contributed by atoms with Crippen LogP contribution in [0.2, 0.25) is 0 Å². The summed E-state index contributed by atoms with van der Waals surface area (Å²) < 4.78 is 2.23. The minimum atomic E-state index is 0.526. The van der Waals surface area contributed by atoms with Crippen molar-refractivity contribution in [3.05, 3.63) is 60.7 Å². The molecule has 0 aliphatic carbocycles. The molecule has 0 saturated heterocycles. The lowest BCUT2D eigenvalue weighted by atomic mass is 10.1. The first kappa shape index (κ1) is 11.6. The molecule has 2 nitrogen and oxygen atoms in total. The summed E-state index contributed by atoms with van der Waals surface area (Å²) in [5.74, 6) is 0. The van der Waals surface area contributed by atoms with E-state index < -0.39 is 0 Å². The second kappa shape index (κ2) is 4.99. The molecule has 0 atom stereocenters. The van der Waals surface area contributed by atoms with Crippen LogP contribution in [0.3, 0.4) is 0 Å². The van der Waals surface area contributed by atoms with Gasteiger partial charge in [0.25, 0.3) is 0 Å². The van der Waals surface area contributed by atoms with Gasteiger partial charge < -0.3 is 4.57 Å². The highest BCUT2D eigenvalue weighted by molar-refractivity contribution is 5.87. The predicted octanol–water partition coefficient (Wildman–Crippen LogP) is 4.22. The molecule has 92 valence electrons. The molecule has 0 aliphatic rings. The van der Waals surface area contributed by atoms with E-state index in [1.54, 1.807) is 0 Å². The van der Waals surface area contributed by atoms with Gasteiger partial charge in [-0.2, -0.15) is 5.26 Å². The van der Waals surface area contributed by atoms with E-state index in [1.807, 2.05) is 30.3 Å². The Morgan fingerprint density at radius 1 is 0.947 bits per heavy atom. The Bertz CT molecular complexity index is 733. The maximum atomic E-state index is 8.84. The van der Waals surface area contributed by atoms with Crippen molar-refractivity contribution in [3.63, 3.8) is 0 Å². The average Bonchev–Trinajstić information content (AvgIpc) is 2.85. The monoisotopic (exact) mass is 246 g/mol. The van der Waals surface area contributed by atoms with Gasteiger partial charge in [-0.1, -0.05) is 48.5 Å². The molecule has 2 aromatic carbocycles. The van der Waals surface area contributed by atoms with Crippen molar-refractivity contribution >= 4 is 10.9 Å². The molecule has 1 heterocycles. The topological polar surface area (TPSA) is 28.7 Å². The van der Waals surface area contributed by atoms with Crippen LogP contribution in [0.25, 0.3) is 22.2 Å². The van der Waals surface area contributed by atoms with E-state index >= 15 is 0 Å². The maximum Gasteiger partial charge on any atom is 0.0640 e. The highest BCUT2D eigenvalue weighted by Gasteiger charge is 2.09. The average molecular weight is 246 g/mol. The van der Waals surface area contributed by atoms with Crippen molar-refractivity contribution in [2.45, 2.75) is 13.0 Å². The van der Waals surface area contributed by atoms with Gasteiger partial charge in [0.1, 0.15) is 0 Å². The van der Waals surface area contributed by atoms with Gasteiger partial charge in [-0.3, -0.25) is 0 Å². The molecular weight excluding hydrogens is 232 g/mol. The fraction of sp³-hybridized carbons (Fsp3) is 0.118. The number of nitrogens with zero attached hydrogens (tertiary/aromatic N) is 2. The van der Waals surface area contributed by atoms with Crippen LogP contribution in [0.1, 0.15) is 6.42 Å². The van der Waals surface area contributed by atoms with Gasteiger partial charge in [0, 0.05) is 23.1 Å². The molecule has 0 aliphatic heterocycles. The molecule has 0 unspecified atom stereocenters. The van der Waals surface area contributed by atoms with Crippen molar-refractivity contribution in [1.29, 1.82) is 5.26 Å². The van der Waals surface area contributed by atoms with E-state index in [-0.39, 0.29) is 0 Å². The number of aromatic nitrogens is 1. The van der Waals surface area contributed by atoms with Crippen LogP contribution < -0.4 is 0 Å². The van der Waals surface area contributed by atoms with E-state index in [4.69, 9.17) is 5.26 Å². The van der Waals surface area contributed by atoms with E-state index in [9.17, 15) is 0 Å². The van der Waals surface area contributed by atoms with Gasteiger partial charge in [0.15, 0.2) is 0 Å². The zero-order chi connectivity index (χ0) is 13.1. The third kappa shape index (κ3) is 2.11. The highest BCUT2D eigenvalue weighted by atomic mass is 15.0. The van der Waals surface area contributed by atoms with E-state index in [0.717, 1.165) is 6.54 Å². The van der Waals surface area contributed by atoms with Gasteiger partial charge in [-0.25, -0.2) is 0 Å². The van der Waals surface area contributed by atoms with Gasteiger partial charge >= 0.3 is 0 Å². The molecule has 3 rings (SSSR count). The third-order valence-corrected chi connectivity index (χ3v) is 3.33. The molecule has 2 heteroatoms. The SMILES string of the molecule is N#CCCn1c(-c2ccccc2)cc2ccccc21. The van der Waals surface area contributed by atoms with Crippen molar-refractivity contribution in [2.24, 2.45) is 0 Å².